The second kappa shape index (κ2) is 4.93. The van der Waals surface area contributed by atoms with E-state index in [-0.39, 0.29) is 5.78 Å². The first-order valence-corrected chi connectivity index (χ1v) is 6.32. The van der Waals surface area contributed by atoms with Gasteiger partial charge in [-0.15, -0.1) is 0 Å². The standard InChI is InChI=1S/C13H8Br2O/c14-10-7-4-8-11(15)12(10)13(16)9-5-2-1-3-6-9/h1-8H. The number of halogens is 2. The lowest BCUT2D eigenvalue weighted by molar-refractivity contribution is 0.103. The van der Waals surface area contributed by atoms with Gasteiger partial charge in [-0.1, -0.05) is 36.4 Å². The Morgan fingerprint density at radius 1 is 0.812 bits per heavy atom. The van der Waals surface area contributed by atoms with Gasteiger partial charge in [-0.05, 0) is 44.0 Å². The lowest BCUT2D eigenvalue weighted by atomic mass is 10.0. The number of hydrogen-bond donors (Lipinski definition) is 0. The van der Waals surface area contributed by atoms with Gasteiger partial charge >= 0.3 is 0 Å². The molecule has 0 radical (unpaired) electrons. The molecule has 80 valence electrons. The molecule has 0 amide bonds. The molecule has 0 saturated heterocycles. The van der Waals surface area contributed by atoms with E-state index in [0.29, 0.717) is 11.1 Å². The van der Waals surface area contributed by atoms with E-state index >= 15 is 0 Å². The summed E-state index contributed by atoms with van der Waals surface area (Å²) < 4.78 is 1.60. The van der Waals surface area contributed by atoms with Crippen LogP contribution in [0.1, 0.15) is 15.9 Å². The number of hydrogen-bond acceptors (Lipinski definition) is 1. The average molecular weight is 340 g/mol. The smallest absolute Gasteiger partial charge is 0.195 e. The van der Waals surface area contributed by atoms with Crippen molar-refractivity contribution in [2.24, 2.45) is 0 Å². The summed E-state index contributed by atoms with van der Waals surface area (Å²) in [6.45, 7) is 0. The van der Waals surface area contributed by atoms with E-state index in [2.05, 4.69) is 31.9 Å². The quantitative estimate of drug-likeness (QED) is 0.739. The molecule has 0 aliphatic carbocycles. The minimum absolute atomic E-state index is 0.0138. The number of benzene rings is 2. The Balaban J connectivity index is 2.50. The molecule has 0 fully saturated rings. The van der Waals surface area contributed by atoms with Gasteiger partial charge in [0.2, 0.25) is 0 Å². The van der Waals surface area contributed by atoms with Crippen molar-refractivity contribution in [3.63, 3.8) is 0 Å². The van der Waals surface area contributed by atoms with E-state index in [0.717, 1.165) is 8.95 Å². The van der Waals surface area contributed by atoms with Gasteiger partial charge < -0.3 is 0 Å². The van der Waals surface area contributed by atoms with Gasteiger partial charge in [-0.25, -0.2) is 0 Å². The van der Waals surface area contributed by atoms with Crippen LogP contribution in [0.3, 0.4) is 0 Å². The lowest BCUT2D eigenvalue weighted by Gasteiger charge is -2.06. The van der Waals surface area contributed by atoms with E-state index in [1.807, 2.05) is 48.5 Å². The maximum atomic E-state index is 12.2. The summed E-state index contributed by atoms with van der Waals surface area (Å²) in [7, 11) is 0. The molecule has 0 aliphatic rings. The Kier molecular flexibility index (Phi) is 3.56. The summed E-state index contributed by atoms with van der Waals surface area (Å²) in [5, 5.41) is 0. The van der Waals surface area contributed by atoms with Crippen molar-refractivity contribution in [2.45, 2.75) is 0 Å². The SMILES string of the molecule is O=C(c1ccccc1)c1c(Br)cccc1Br. The molecule has 0 aromatic heterocycles. The highest BCUT2D eigenvalue weighted by atomic mass is 79.9. The highest BCUT2D eigenvalue weighted by Gasteiger charge is 2.15. The molecular formula is C13H8Br2O. The number of rotatable bonds is 2. The van der Waals surface area contributed by atoms with Gasteiger partial charge in [0.05, 0.1) is 5.56 Å². The van der Waals surface area contributed by atoms with Crippen molar-refractivity contribution in [3.8, 4) is 0 Å². The fourth-order valence-corrected chi connectivity index (χ4v) is 2.81. The van der Waals surface area contributed by atoms with Crippen LogP contribution in [0.4, 0.5) is 0 Å². The number of carbonyl (C=O) groups is 1. The Labute approximate surface area is 111 Å². The number of ketones is 1. The third kappa shape index (κ3) is 2.25. The molecule has 2 rings (SSSR count). The maximum absolute atomic E-state index is 12.2. The zero-order valence-electron chi connectivity index (χ0n) is 8.28. The highest BCUT2D eigenvalue weighted by Crippen LogP contribution is 2.27. The van der Waals surface area contributed by atoms with Crippen molar-refractivity contribution in [1.29, 1.82) is 0 Å². The Morgan fingerprint density at radius 2 is 1.38 bits per heavy atom. The predicted octanol–water partition coefficient (Wildman–Crippen LogP) is 4.44. The molecule has 2 aromatic carbocycles. The largest absolute Gasteiger partial charge is 0.289 e. The second-order valence-corrected chi connectivity index (χ2v) is 5.00. The molecule has 0 aliphatic heterocycles. The Hall–Kier alpha value is -0.930. The van der Waals surface area contributed by atoms with E-state index < -0.39 is 0 Å². The maximum Gasteiger partial charge on any atom is 0.195 e. The van der Waals surface area contributed by atoms with Crippen molar-refractivity contribution >= 4 is 37.6 Å². The monoisotopic (exact) mass is 338 g/mol. The van der Waals surface area contributed by atoms with E-state index in [9.17, 15) is 4.79 Å². The van der Waals surface area contributed by atoms with E-state index in [4.69, 9.17) is 0 Å². The molecular weight excluding hydrogens is 332 g/mol. The summed E-state index contributed by atoms with van der Waals surface area (Å²) in [4.78, 5) is 12.2. The van der Waals surface area contributed by atoms with Gasteiger partial charge in [0.25, 0.3) is 0 Å². The van der Waals surface area contributed by atoms with Crippen molar-refractivity contribution < 1.29 is 4.79 Å². The predicted molar refractivity (Wildman–Crippen MR) is 71.7 cm³/mol. The summed E-state index contributed by atoms with van der Waals surface area (Å²) in [5.74, 6) is 0.0138. The van der Waals surface area contributed by atoms with Crippen molar-refractivity contribution in [3.05, 3.63) is 68.6 Å². The average Bonchev–Trinajstić information content (AvgIpc) is 2.30. The fraction of sp³-hybridized carbons (Fsp3) is 0. The summed E-state index contributed by atoms with van der Waals surface area (Å²) >= 11 is 6.79. The second-order valence-electron chi connectivity index (χ2n) is 3.29. The van der Waals surface area contributed by atoms with Crippen LogP contribution in [0, 0.1) is 0 Å². The van der Waals surface area contributed by atoms with Gasteiger partial charge in [-0.3, -0.25) is 4.79 Å². The molecule has 2 aromatic rings. The molecule has 0 saturated carbocycles. The molecule has 0 N–H and O–H groups in total. The van der Waals surface area contributed by atoms with Gasteiger partial charge in [0, 0.05) is 14.5 Å². The van der Waals surface area contributed by atoms with E-state index in [1.165, 1.54) is 0 Å². The van der Waals surface area contributed by atoms with Crippen molar-refractivity contribution in [1.82, 2.24) is 0 Å². The highest BCUT2D eigenvalue weighted by molar-refractivity contribution is 9.11. The first kappa shape index (κ1) is 11.6. The Morgan fingerprint density at radius 3 is 1.94 bits per heavy atom. The molecule has 0 bridgehead atoms. The Bertz CT molecular complexity index is 500. The van der Waals surface area contributed by atoms with E-state index in [1.54, 1.807) is 0 Å². The van der Waals surface area contributed by atoms with Gasteiger partial charge in [-0.2, -0.15) is 0 Å². The minimum atomic E-state index is 0.0138. The summed E-state index contributed by atoms with van der Waals surface area (Å²) in [6, 6.07) is 14.8. The first-order chi connectivity index (χ1) is 7.70. The molecule has 3 heteroatoms. The van der Waals surface area contributed by atoms with Crippen molar-refractivity contribution in [2.75, 3.05) is 0 Å². The van der Waals surface area contributed by atoms with Crippen LogP contribution in [-0.4, -0.2) is 5.78 Å². The lowest BCUT2D eigenvalue weighted by Crippen LogP contribution is -2.03. The van der Waals surface area contributed by atoms with Crippen LogP contribution >= 0.6 is 31.9 Å². The summed E-state index contributed by atoms with van der Waals surface area (Å²) in [5.41, 5.74) is 1.35. The van der Waals surface area contributed by atoms with Gasteiger partial charge in [0.1, 0.15) is 0 Å². The third-order valence-corrected chi connectivity index (χ3v) is 3.55. The molecule has 0 spiro atoms. The fourth-order valence-electron chi connectivity index (χ4n) is 1.45. The normalized spacial score (nSPS) is 10.1. The molecule has 0 atom stereocenters. The third-order valence-electron chi connectivity index (χ3n) is 2.23. The van der Waals surface area contributed by atoms with Crippen LogP contribution in [0.5, 0.6) is 0 Å². The van der Waals surface area contributed by atoms with Gasteiger partial charge in [0.15, 0.2) is 5.78 Å². The molecule has 16 heavy (non-hydrogen) atoms. The van der Waals surface area contributed by atoms with Crippen LogP contribution in [0.2, 0.25) is 0 Å². The zero-order valence-corrected chi connectivity index (χ0v) is 11.5. The summed E-state index contributed by atoms with van der Waals surface area (Å²) in [6.07, 6.45) is 0. The number of carbonyl (C=O) groups excluding carboxylic acids is 1. The van der Waals surface area contributed by atoms with Crippen LogP contribution < -0.4 is 0 Å². The van der Waals surface area contributed by atoms with Crippen LogP contribution in [-0.2, 0) is 0 Å². The molecule has 0 unspecified atom stereocenters. The first-order valence-electron chi connectivity index (χ1n) is 4.74. The molecule has 0 heterocycles. The van der Waals surface area contributed by atoms with Crippen LogP contribution in [0.15, 0.2) is 57.5 Å². The van der Waals surface area contributed by atoms with Crippen LogP contribution in [0.25, 0.3) is 0 Å². The topological polar surface area (TPSA) is 17.1 Å². The minimum Gasteiger partial charge on any atom is -0.289 e. The molecule has 1 nitrogen and oxygen atoms in total. The zero-order chi connectivity index (χ0) is 11.5.